The van der Waals surface area contributed by atoms with Gasteiger partial charge in [-0.2, -0.15) is 0 Å². The molecule has 0 unspecified atom stereocenters. The summed E-state index contributed by atoms with van der Waals surface area (Å²) in [6.07, 6.45) is 1.75. The number of rotatable bonds is 6. The van der Waals surface area contributed by atoms with Gasteiger partial charge in [-0.1, -0.05) is 32.4 Å². The van der Waals surface area contributed by atoms with Crippen LogP contribution in [0.2, 0.25) is 5.02 Å². The molecule has 0 aliphatic carbocycles. The molecular formula is C19H26ClN5O2. The van der Waals surface area contributed by atoms with Crippen LogP contribution in [0.4, 0.5) is 0 Å². The molecule has 27 heavy (non-hydrogen) atoms. The number of aromatic nitrogens is 1. The normalized spacial score (nSPS) is 12.0. The fourth-order valence-corrected chi connectivity index (χ4v) is 2.30. The van der Waals surface area contributed by atoms with Crippen molar-refractivity contribution in [1.29, 1.82) is 0 Å². The van der Waals surface area contributed by atoms with E-state index in [0.717, 1.165) is 5.76 Å². The molecule has 0 radical (unpaired) electrons. The molecule has 0 spiro atoms. The quantitative estimate of drug-likeness (QED) is 0.400. The number of oxazole rings is 1. The van der Waals surface area contributed by atoms with Gasteiger partial charge in [-0.05, 0) is 24.3 Å². The minimum absolute atomic E-state index is 0.0759. The Morgan fingerprint density at radius 1 is 1.15 bits per heavy atom. The van der Waals surface area contributed by atoms with E-state index in [2.05, 4.69) is 46.7 Å². The Morgan fingerprint density at radius 2 is 1.81 bits per heavy atom. The molecule has 8 heteroatoms. The summed E-state index contributed by atoms with van der Waals surface area (Å²) in [5.41, 5.74) is 0.494. The molecular weight excluding hydrogens is 366 g/mol. The van der Waals surface area contributed by atoms with Crippen molar-refractivity contribution in [3.05, 3.63) is 52.7 Å². The number of aliphatic imine (C=N–C) groups is 1. The summed E-state index contributed by atoms with van der Waals surface area (Å²) < 4.78 is 5.73. The van der Waals surface area contributed by atoms with Crippen LogP contribution >= 0.6 is 11.6 Å². The summed E-state index contributed by atoms with van der Waals surface area (Å²) in [7, 11) is 1.68. The minimum atomic E-state index is -0.147. The summed E-state index contributed by atoms with van der Waals surface area (Å²) in [6, 6.07) is 6.75. The summed E-state index contributed by atoms with van der Waals surface area (Å²) in [5, 5.41) is 9.69. The third kappa shape index (κ3) is 6.60. The van der Waals surface area contributed by atoms with Gasteiger partial charge in [-0.25, -0.2) is 4.98 Å². The second-order valence-electron chi connectivity index (χ2n) is 6.98. The number of carbonyl (C=O) groups is 1. The Kier molecular flexibility index (Phi) is 7.24. The zero-order chi connectivity index (χ0) is 19.9. The van der Waals surface area contributed by atoms with Crippen LogP contribution in [0.25, 0.3) is 0 Å². The third-order valence-electron chi connectivity index (χ3n) is 3.73. The molecule has 3 N–H and O–H groups in total. The van der Waals surface area contributed by atoms with E-state index in [1.807, 2.05) is 0 Å². The van der Waals surface area contributed by atoms with Crippen molar-refractivity contribution < 1.29 is 9.21 Å². The van der Waals surface area contributed by atoms with Gasteiger partial charge >= 0.3 is 0 Å². The first-order valence-electron chi connectivity index (χ1n) is 8.73. The SMILES string of the molecule is CN=C(NCCNC(=O)c1ccc(Cl)cc1)NCc1ncc(C(C)(C)C)o1. The summed E-state index contributed by atoms with van der Waals surface area (Å²) in [5.74, 6) is 1.89. The molecule has 0 atom stereocenters. The second-order valence-corrected chi connectivity index (χ2v) is 7.42. The van der Waals surface area contributed by atoms with Crippen LogP contribution in [0, 0.1) is 0 Å². The van der Waals surface area contributed by atoms with Crippen molar-refractivity contribution in [3.63, 3.8) is 0 Å². The van der Waals surface area contributed by atoms with Gasteiger partial charge in [0, 0.05) is 36.1 Å². The van der Waals surface area contributed by atoms with Crippen LogP contribution in [0.15, 0.2) is 39.9 Å². The molecule has 1 amide bonds. The van der Waals surface area contributed by atoms with Crippen molar-refractivity contribution in [1.82, 2.24) is 20.9 Å². The lowest BCUT2D eigenvalue weighted by Crippen LogP contribution is -2.41. The summed E-state index contributed by atoms with van der Waals surface area (Å²) in [6.45, 7) is 7.62. The first-order chi connectivity index (χ1) is 12.8. The molecule has 0 fully saturated rings. The fraction of sp³-hybridized carbons (Fsp3) is 0.421. The maximum Gasteiger partial charge on any atom is 0.251 e. The number of benzene rings is 1. The maximum absolute atomic E-state index is 12.0. The van der Waals surface area contributed by atoms with Crippen LogP contribution in [0.1, 0.15) is 42.8 Å². The van der Waals surface area contributed by atoms with Gasteiger partial charge in [0.1, 0.15) is 5.76 Å². The van der Waals surface area contributed by atoms with Gasteiger partial charge in [0.25, 0.3) is 5.91 Å². The number of hydrogen-bond donors (Lipinski definition) is 3. The van der Waals surface area contributed by atoms with Crippen LogP contribution in [-0.2, 0) is 12.0 Å². The van der Waals surface area contributed by atoms with Gasteiger partial charge < -0.3 is 20.4 Å². The largest absolute Gasteiger partial charge is 0.443 e. The molecule has 1 aromatic carbocycles. The van der Waals surface area contributed by atoms with Gasteiger partial charge in [-0.3, -0.25) is 9.79 Å². The van der Waals surface area contributed by atoms with E-state index in [9.17, 15) is 4.79 Å². The Morgan fingerprint density at radius 3 is 2.41 bits per heavy atom. The third-order valence-corrected chi connectivity index (χ3v) is 3.98. The van der Waals surface area contributed by atoms with E-state index in [0.29, 0.717) is 42.1 Å². The summed E-state index contributed by atoms with van der Waals surface area (Å²) in [4.78, 5) is 20.4. The van der Waals surface area contributed by atoms with Crippen LogP contribution in [0.5, 0.6) is 0 Å². The lowest BCUT2D eigenvalue weighted by Gasteiger charge is -2.13. The lowest BCUT2D eigenvalue weighted by atomic mass is 9.94. The molecule has 146 valence electrons. The Balaban J connectivity index is 1.72. The molecule has 0 aliphatic rings. The van der Waals surface area contributed by atoms with E-state index in [-0.39, 0.29) is 11.3 Å². The number of carbonyl (C=O) groups excluding carboxylic acids is 1. The van der Waals surface area contributed by atoms with E-state index in [1.165, 1.54) is 0 Å². The first kappa shape index (κ1) is 20.8. The molecule has 0 saturated carbocycles. The Labute approximate surface area is 164 Å². The number of nitrogens with one attached hydrogen (secondary N) is 3. The van der Waals surface area contributed by atoms with E-state index < -0.39 is 0 Å². The highest BCUT2D eigenvalue weighted by molar-refractivity contribution is 6.30. The first-order valence-corrected chi connectivity index (χ1v) is 9.11. The number of hydrogen-bond acceptors (Lipinski definition) is 4. The van der Waals surface area contributed by atoms with Crippen LogP contribution < -0.4 is 16.0 Å². The van der Waals surface area contributed by atoms with Gasteiger partial charge in [0.2, 0.25) is 5.89 Å². The minimum Gasteiger partial charge on any atom is -0.443 e. The number of guanidine groups is 1. The van der Waals surface area contributed by atoms with Crippen molar-refractivity contribution in [3.8, 4) is 0 Å². The molecule has 1 aromatic heterocycles. The monoisotopic (exact) mass is 391 g/mol. The average molecular weight is 392 g/mol. The highest BCUT2D eigenvalue weighted by Crippen LogP contribution is 2.22. The van der Waals surface area contributed by atoms with Crippen LogP contribution in [0.3, 0.4) is 0 Å². The van der Waals surface area contributed by atoms with E-state index >= 15 is 0 Å². The number of amides is 1. The second kappa shape index (κ2) is 9.41. The van der Waals surface area contributed by atoms with Crippen molar-refractivity contribution in [2.75, 3.05) is 20.1 Å². The molecule has 0 bridgehead atoms. The van der Waals surface area contributed by atoms with E-state index in [4.69, 9.17) is 16.0 Å². The average Bonchev–Trinajstić information content (AvgIpc) is 3.11. The maximum atomic E-state index is 12.0. The smallest absolute Gasteiger partial charge is 0.251 e. The topological polar surface area (TPSA) is 91.5 Å². The molecule has 2 rings (SSSR count). The van der Waals surface area contributed by atoms with E-state index in [1.54, 1.807) is 37.5 Å². The summed E-state index contributed by atoms with van der Waals surface area (Å²) >= 11 is 5.82. The standard InChI is InChI=1S/C19H26ClN5O2/c1-19(2,3)15-11-24-16(27-15)12-25-18(21-4)23-10-9-22-17(26)13-5-7-14(20)8-6-13/h5-8,11H,9-10,12H2,1-4H3,(H,22,26)(H2,21,23,25). The predicted octanol–water partition coefficient (Wildman–Crippen LogP) is 2.72. The Hall–Kier alpha value is -2.54. The molecule has 0 saturated heterocycles. The fourth-order valence-electron chi connectivity index (χ4n) is 2.18. The van der Waals surface area contributed by atoms with Crippen molar-refractivity contribution >= 4 is 23.5 Å². The lowest BCUT2D eigenvalue weighted by molar-refractivity contribution is 0.0954. The van der Waals surface area contributed by atoms with Gasteiger partial charge in [0.15, 0.2) is 5.96 Å². The van der Waals surface area contributed by atoms with Crippen molar-refractivity contribution in [2.45, 2.75) is 32.7 Å². The molecule has 7 nitrogen and oxygen atoms in total. The number of nitrogens with zero attached hydrogens (tertiary/aromatic N) is 2. The highest BCUT2D eigenvalue weighted by Gasteiger charge is 2.19. The van der Waals surface area contributed by atoms with Crippen molar-refractivity contribution in [2.24, 2.45) is 4.99 Å². The zero-order valence-corrected chi connectivity index (χ0v) is 16.9. The molecule has 0 aliphatic heterocycles. The van der Waals surface area contributed by atoms with Gasteiger partial charge in [-0.15, -0.1) is 0 Å². The predicted molar refractivity (Wildman–Crippen MR) is 107 cm³/mol. The zero-order valence-electron chi connectivity index (χ0n) is 16.1. The highest BCUT2D eigenvalue weighted by atomic mass is 35.5. The Bertz CT molecular complexity index is 778. The molecule has 2 aromatic rings. The van der Waals surface area contributed by atoms with Gasteiger partial charge in [0.05, 0.1) is 12.7 Å². The van der Waals surface area contributed by atoms with Crippen LogP contribution in [-0.4, -0.2) is 37.0 Å². The molecule has 1 heterocycles. The number of halogens is 1.